The number of fused-ring (bicyclic) bond motifs is 3. The van der Waals surface area contributed by atoms with Gasteiger partial charge in [0, 0.05) is 29.7 Å². The summed E-state index contributed by atoms with van der Waals surface area (Å²) in [6.07, 6.45) is 1.37. The molecule has 9 heteroatoms. The molecule has 0 saturated carbocycles. The van der Waals surface area contributed by atoms with Crippen molar-refractivity contribution in [1.29, 1.82) is 0 Å². The van der Waals surface area contributed by atoms with Crippen molar-refractivity contribution in [1.82, 2.24) is 10.6 Å². The second-order valence-corrected chi connectivity index (χ2v) is 24.4. The minimum atomic E-state index is -3.10. The molecule has 0 heterocycles. The zero-order valence-corrected chi connectivity index (χ0v) is 42.0. The van der Waals surface area contributed by atoms with Gasteiger partial charge in [0.15, 0.2) is 5.78 Å². The van der Waals surface area contributed by atoms with Gasteiger partial charge in [0.05, 0.1) is 6.04 Å². The van der Waals surface area contributed by atoms with Crippen LogP contribution in [0.1, 0.15) is 100 Å². The number of hydrogen-bond acceptors (Lipinski definition) is 6. The van der Waals surface area contributed by atoms with Gasteiger partial charge >= 0.3 is 12.1 Å². The van der Waals surface area contributed by atoms with Gasteiger partial charge in [0.1, 0.15) is 12.6 Å². The number of hydrogen-bond donors (Lipinski definition) is 2. The van der Waals surface area contributed by atoms with E-state index in [1.54, 1.807) is 0 Å². The highest BCUT2D eigenvalue weighted by atomic mass is 28.4. The van der Waals surface area contributed by atoms with E-state index in [9.17, 15) is 9.59 Å². The van der Waals surface area contributed by atoms with Gasteiger partial charge in [0.2, 0.25) is 5.91 Å². The Kier molecular flexibility index (Phi) is 16.9. The van der Waals surface area contributed by atoms with E-state index in [0.29, 0.717) is 0 Å². The SMILES string of the molecule is CCC(C)[Si](OC(=O)[C@H](Cc1ccccc1)NC(=O)[C@@H](CC(=O)[C@H](Cc1ccccc1)NC(=O)OCC1c2ccccc2-c2ccccc21)Cc1ccccc1)(C(C)CC)C(C)(C)c1ccccc1. The number of carbonyl (C=O) groups excluding carboxylic acids is 4. The number of benzene rings is 6. The molecule has 0 bridgehead atoms. The largest absolute Gasteiger partial charge is 0.516 e. The van der Waals surface area contributed by atoms with E-state index in [4.69, 9.17) is 9.16 Å². The standard InChI is InChI=1S/C60H68N2O6Si/c1-7-42(3)69(43(4)8-2,60(5,6)48-31-19-12-20-32-48)68-58(65)55(39-46-29-17-11-18-30-46)61-57(64)47(37-44-25-13-9-14-26-44)40-56(63)54(38-45-27-15-10-16-28-45)62-59(66)67-41-53-51-35-23-21-33-49(51)50-34-22-24-36-52(50)53/h9-36,42-43,47,53-55H,7-8,37-41H2,1-6H3,(H,61,64)(H,62,66)/t42?,43?,47-,54+,55+,69?/m1/s1. The van der Waals surface area contributed by atoms with E-state index in [1.165, 1.54) is 0 Å². The predicted molar refractivity (Wildman–Crippen MR) is 278 cm³/mol. The summed E-state index contributed by atoms with van der Waals surface area (Å²) in [5.74, 6) is -2.28. The average Bonchev–Trinajstić information content (AvgIpc) is 3.70. The lowest BCUT2D eigenvalue weighted by atomic mass is 9.89. The summed E-state index contributed by atoms with van der Waals surface area (Å²) in [5.41, 5.74) is 8.27. The van der Waals surface area contributed by atoms with Crippen molar-refractivity contribution < 1.29 is 28.3 Å². The molecule has 0 saturated heterocycles. The summed E-state index contributed by atoms with van der Waals surface area (Å²) in [5, 5.41) is 5.59. The molecule has 2 N–H and O–H groups in total. The Balaban J connectivity index is 1.17. The molecule has 69 heavy (non-hydrogen) atoms. The fraction of sp³-hybridized carbons (Fsp3) is 0.333. The summed E-state index contributed by atoms with van der Waals surface area (Å²) in [6.45, 7) is 13.3. The monoisotopic (exact) mass is 940 g/mol. The zero-order chi connectivity index (χ0) is 49.0. The molecule has 358 valence electrons. The third kappa shape index (κ3) is 11.7. The van der Waals surface area contributed by atoms with Crippen molar-refractivity contribution in [3.63, 3.8) is 0 Å². The van der Waals surface area contributed by atoms with Gasteiger partial charge in [-0.05, 0) is 68.4 Å². The molecule has 8 nitrogen and oxygen atoms in total. The molecule has 1 aliphatic carbocycles. The number of amides is 2. The van der Waals surface area contributed by atoms with Crippen LogP contribution in [-0.2, 0) is 47.8 Å². The second kappa shape index (κ2) is 23.1. The number of nitrogens with one attached hydrogen (secondary N) is 2. The molecule has 0 aliphatic heterocycles. The minimum absolute atomic E-state index is 0.0881. The molecule has 2 unspecified atom stereocenters. The lowest BCUT2D eigenvalue weighted by Crippen LogP contribution is -2.63. The summed E-state index contributed by atoms with van der Waals surface area (Å²) in [6, 6.07) is 53.3. The van der Waals surface area contributed by atoms with Crippen LogP contribution in [0.25, 0.3) is 11.1 Å². The van der Waals surface area contributed by atoms with E-state index < -0.39 is 49.3 Å². The van der Waals surface area contributed by atoms with Gasteiger partial charge in [-0.1, -0.05) is 224 Å². The van der Waals surface area contributed by atoms with Crippen LogP contribution in [0, 0.1) is 5.92 Å². The highest BCUT2D eigenvalue weighted by molar-refractivity contribution is 6.80. The average molecular weight is 941 g/mol. The van der Waals surface area contributed by atoms with E-state index in [-0.39, 0.29) is 55.1 Å². The third-order valence-electron chi connectivity index (χ3n) is 14.8. The van der Waals surface area contributed by atoms with Crippen molar-refractivity contribution >= 4 is 32.1 Å². The first-order chi connectivity index (χ1) is 33.4. The Hall–Kier alpha value is -6.58. The first-order valence-electron chi connectivity index (χ1n) is 24.7. The molecule has 5 atom stereocenters. The molecule has 7 rings (SSSR count). The fourth-order valence-electron chi connectivity index (χ4n) is 10.7. The lowest BCUT2D eigenvalue weighted by Gasteiger charge is -2.51. The van der Waals surface area contributed by atoms with Crippen LogP contribution in [0.15, 0.2) is 170 Å². The molecular formula is C60H68N2O6Si. The van der Waals surface area contributed by atoms with E-state index in [2.05, 4.69) is 88.6 Å². The van der Waals surface area contributed by atoms with Crippen molar-refractivity contribution in [2.24, 2.45) is 5.92 Å². The van der Waals surface area contributed by atoms with E-state index in [0.717, 1.165) is 57.3 Å². The Morgan fingerprint density at radius 1 is 0.565 bits per heavy atom. The van der Waals surface area contributed by atoms with Gasteiger partial charge in [-0.25, -0.2) is 4.79 Å². The summed E-state index contributed by atoms with van der Waals surface area (Å²) < 4.78 is 13.1. The topological polar surface area (TPSA) is 111 Å². The smallest absolute Gasteiger partial charge is 0.407 e. The number of alkyl carbamates (subject to hydrolysis) is 1. The van der Waals surface area contributed by atoms with Gasteiger partial charge in [-0.3, -0.25) is 14.4 Å². The van der Waals surface area contributed by atoms with Crippen LogP contribution >= 0.6 is 0 Å². The van der Waals surface area contributed by atoms with Gasteiger partial charge in [0.25, 0.3) is 8.32 Å². The highest BCUT2D eigenvalue weighted by Gasteiger charge is 2.59. The number of Topliss-reactive ketones (excluding diaryl/α,β-unsaturated/α-hetero) is 1. The Morgan fingerprint density at radius 2 is 1.00 bits per heavy atom. The minimum Gasteiger partial charge on any atom is -0.516 e. The second-order valence-electron chi connectivity index (χ2n) is 19.3. The van der Waals surface area contributed by atoms with Crippen molar-refractivity contribution in [2.45, 2.75) is 114 Å². The molecule has 0 fully saturated rings. The van der Waals surface area contributed by atoms with Crippen LogP contribution in [0.5, 0.6) is 0 Å². The Morgan fingerprint density at radius 3 is 1.49 bits per heavy atom. The molecule has 0 aromatic heterocycles. The predicted octanol–water partition coefficient (Wildman–Crippen LogP) is 12.3. The van der Waals surface area contributed by atoms with Crippen LogP contribution in [-0.4, -0.2) is 50.8 Å². The van der Waals surface area contributed by atoms with Crippen molar-refractivity contribution in [3.8, 4) is 11.1 Å². The number of ketones is 1. The lowest BCUT2D eigenvalue weighted by molar-refractivity contribution is -0.141. The van der Waals surface area contributed by atoms with Crippen molar-refractivity contribution in [3.05, 3.63) is 203 Å². The molecule has 6 aromatic rings. The maximum atomic E-state index is 15.2. The summed E-state index contributed by atoms with van der Waals surface area (Å²) >= 11 is 0. The Bertz CT molecular complexity index is 2590. The van der Waals surface area contributed by atoms with Crippen molar-refractivity contribution in [2.75, 3.05) is 6.61 Å². The van der Waals surface area contributed by atoms with E-state index in [1.807, 2.05) is 133 Å². The van der Waals surface area contributed by atoms with Crippen LogP contribution in [0.2, 0.25) is 11.1 Å². The maximum absolute atomic E-state index is 15.2. The van der Waals surface area contributed by atoms with Crippen LogP contribution < -0.4 is 10.6 Å². The molecular weight excluding hydrogens is 873 g/mol. The fourth-order valence-corrected chi connectivity index (χ4v) is 17.1. The normalized spacial score (nSPS) is 15.2. The molecule has 6 aromatic carbocycles. The molecule has 2 amide bonds. The molecule has 1 aliphatic rings. The van der Waals surface area contributed by atoms with Crippen LogP contribution in [0.4, 0.5) is 4.79 Å². The first kappa shape index (κ1) is 50.3. The van der Waals surface area contributed by atoms with Gasteiger partial charge in [-0.2, -0.15) is 0 Å². The summed E-state index contributed by atoms with van der Waals surface area (Å²) in [7, 11) is -3.10. The first-order valence-corrected chi connectivity index (χ1v) is 26.8. The Labute approximate surface area is 410 Å². The number of rotatable bonds is 22. The summed E-state index contributed by atoms with van der Waals surface area (Å²) in [4.78, 5) is 58.9. The third-order valence-corrected chi connectivity index (χ3v) is 21.3. The van der Waals surface area contributed by atoms with Gasteiger partial charge in [-0.15, -0.1) is 0 Å². The molecule has 0 radical (unpaired) electrons. The zero-order valence-electron chi connectivity index (χ0n) is 41.0. The highest BCUT2D eigenvalue weighted by Crippen LogP contribution is 2.51. The van der Waals surface area contributed by atoms with Gasteiger partial charge < -0.3 is 19.8 Å². The van der Waals surface area contributed by atoms with Crippen LogP contribution in [0.3, 0.4) is 0 Å². The quantitative estimate of drug-likeness (QED) is 0.0656. The molecule has 0 spiro atoms. The number of carbonyl (C=O) groups is 4. The van der Waals surface area contributed by atoms with E-state index >= 15 is 9.59 Å². The maximum Gasteiger partial charge on any atom is 0.407 e. The number of ether oxygens (including phenoxy) is 1.